The van der Waals surface area contributed by atoms with Crippen LogP contribution >= 0.6 is 0 Å². The molecule has 3 aromatic carbocycles. The highest BCUT2D eigenvalue weighted by molar-refractivity contribution is 6.06. The van der Waals surface area contributed by atoms with Crippen LogP contribution in [0.3, 0.4) is 0 Å². The summed E-state index contributed by atoms with van der Waals surface area (Å²) >= 11 is 0. The van der Waals surface area contributed by atoms with Crippen molar-refractivity contribution in [1.29, 1.82) is 0 Å². The van der Waals surface area contributed by atoms with Crippen molar-refractivity contribution in [2.75, 3.05) is 10.6 Å². The number of hydrogen-bond acceptors (Lipinski definition) is 6. The van der Waals surface area contributed by atoms with E-state index in [9.17, 15) is 4.79 Å². The number of nitrogens with zero attached hydrogens (tertiary/aromatic N) is 4. The van der Waals surface area contributed by atoms with Gasteiger partial charge in [0.2, 0.25) is 5.95 Å². The summed E-state index contributed by atoms with van der Waals surface area (Å²) in [4.78, 5) is 13.8. The van der Waals surface area contributed by atoms with Crippen molar-refractivity contribution in [1.82, 2.24) is 20.2 Å². The Kier molecular flexibility index (Phi) is 6.95. The second kappa shape index (κ2) is 10.4. The molecule has 200 valence electrons. The van der Waals surface area contributed by atoms with E-state index in [4.69, 9.17) is 4.74 Å². The summed E-state index contributed by atoms with van der Waals surface area (Å²) in [7, 11) is 0. The van der Waals surface area contributed by atoms with Crippen LogP contribution in [0.1, 0.15) is 61.6 Å². The quantitative estimate of drug-likeness (QED) is 0.318. The van der Waals surface area contributed by atoms with Crippen LogP contribution in [0.15, 0.2) is 78.0 Å². The molecule has 1 unspecified atom stereocenters. The van der Waals surface area contributed by atoms with Gasteiger partial charge in [-0.3, -0.25) is 4.79 Å². The van der Waals surface area contributed by atoms with Crippen molar-refractivity contribution < 1.29 is 9.53 Å². The number of para-hydroxylation sites is 1. The molecule has 2 N–H and O–H groups in total. The molecule has 0 spiro atoms. The van der Waals surface area contributed by atoms with Crippen molar-refractivity contribution in [2.45, 2.75) is 59.6 Å². The minimum Gasteiger partial charge on any atom is -0.489 e. The molecule has 4 aromatic rings. The minimum atomic E-state index is -0.582. The summed E-state index contributed by atoms with van der Waals surface area (Å²) in [5.74, 6) is 0.897. The van der Waals surface area contributed by atoms with Gasteiger partial charge in [0.1, 0.15) is 18.4 Å². The molecule has 0 saturated carbocycles. The molecule has 0 fully saturated rings. The lowest BCUT2D eigenvalue weighted by atomic mass is 9.87. The fourth-order valence-corrected chi connectivity index (χ4v) is 4.84. The highest BCUT2D eigenvalue weighted by Crippen LogP contribution is 2.39. The predicted octanol–water partition coefficient (Wildman–Crippen LogP) is 6.09. The van der Waals surface area contributed by atoms with E-state index in [1.807, 2.05) is 63.2 Å². The number of hydrogen-bond donors (Lipinski definition) is 2. The van der Waals surface area contributed by atoms with E-state index < -0.39 is 6.04 Å². The largest absolute Gasteiger partial charge is 0.489 e. The molecule has 0 aliphatic carbocycles. The number of rotatable bonds is 6. The van der Waals surface area contributed by atoms with Crippen LogP contribution in [0.25, 0.3) is 0 Å². The SMILES string of the molecule is CC1=C(C(=O)Nc2ccc(C)cc2C)C(c2ccccc2OCc2ccc(C(C)(C)C)cc2)n2nnnc2N1. The molecule has 2 heterocycles. The third-order valence-electron chi connectivity index (χ3n) is 7.02. The Hall–Kier alpha value is -4.46. The van der Waals surface area contributed by atoms with E-state index >= 15 is 0 Å². The van der Waals surface area contributed by atoms with Gasteiger partial charge in [-0.2, -0.15) is 4.68 Å². The van der Waals surface area contributed by atoms with Crippen molar-refractivity contribution in [3.05, 3.63) is 106 Å². The zero-order valence-corrected chi connectivity index (χ0v) is 23.2. The number of allylic oxidation sites excluding steroid dienone is 1. The first-order chi connectivity index (χ1) is 18.6. The lowest BCUT2D eigenvalue weighted by Gasteiger charge is -2.29. The molecule has 0 saturated heterocycles. The summed E-state index contributed by atoms with van der Waals surface area (Å²) < 4.78 is 7.98. The van der Waals surface area contributed by atoms with Crippen LogP contribution in [-0.2, 0) is 16.8 Å². The molecule has 5 rings (SSSR count). The molecule has 0 radical (unpaired) electrons. The number of amides is 1. The Morgan fingerprint density at radius 1 is 1.03 bits per heavy atom. The maximum absolute atomic E-state index is 13.8. The van der Waals surface area contributed by atoms with Gasteiger partial charge in [-0.15, -0.1) is 0 Å². The van der Waals surface area contributed by atoms with Gasteiger partial charge in [0.15, 0.2) is 0 Å². The molecule has 1 atom stereocenters. The van der Waals surface area contributed by atoms with Crippen molar-refractivity contribution in [3.63, 3.8) is 0 Å². The lowest BCUT2D eigenvalue weighted by molar-refractivity contribution is -0.113. The first-order valence-corrected chi connectivity index (χ1v) is 13.1. The summed E-state index contributed by atoms with van der Waals surface area (Å²) in [5, 5.41) is 18.5. The van der Waals surface area contributed by atoms with Gasteiger partial charge in [-0.25, -0.2) is 0 Å². The first-order valence-electron chi connectivity index (χ1n) is 13.1. The standard InChI is InChI=1S/C31H34N6O2/c1-19-11-16-25(20(2)17-19)33-29(38)27-21(3)32-30-34-35-36-37(30)28(27)24-9-7-8-10-26(24)39-18-22-12-14-23(15-13-22)31(4,5)6/h7-17,28H,18H2,1-6H3,(H,33,38)(H,32,34,36). The lowest BCUT2D eigenvalue weighted by Crippen LogP contribution is -2.32. The molecule has 1 aliphatic rings. The molecular formula is C31H34N6O2. The molecular weight excluding hydrogens is 488 g/mol. The van der Waals surface area contributed by atoms with Crippen LogP contribution in [0.5, 0.6) is 5.75 Å². The topological polar surface area (TPSA) is 94.0 Å². The van der Waals surface area contributed by atoms with Crippen molar-refractivity contribution in [2.24, 2.45) is 0 Å². The smallest absolute Gasteiger partial charge is 0.255 e. The zero-order chi connectivity index (χ0) is 27.7. The number of tetrazole rings is 1. The van der Waals surface area contributed by atoms with Crippen molar-refractivity contribution >= 4 is 17.5 Å². The second-order valence-corrected chi connectivity index (χ2v) is 11.1. The number of aromatic nitrogens is 4. The number of nitrogens with one attached hydrogen (secondary N) is 2. The Labute approximate surface area is 229 Å². The third-order valence-corrected chi connectivity index (χ3v) is 7.02. The number of fused-ring (bicyclic) bond motifs is 1. The predicted molar refractivity (Wildman–Crippen MR) is 153 cm³/mol. The van der Waals surface area contributed by atoms with E-state index in [2.05, 4.69) is 71.2 Å². The van der Waals surface area contributed by atoms with Crippen LogP contribution in [-0.4, -0.2) is 26.1 Å². The van der Waals surface area contributed by atoms with E-state index in [1.165, 1.54) is 5.56 Å². The molecule has 0 bridgehead atoms. The van der Waals surface area contributed by atoms with Crippen LogP contribution < -0.4 is 15.4 Å². The molecule has 8 nitrogen and oxygen atoms in total. The normalized spacial score (nSPS) is 15.0. The van der Waals surface area contributed by atoms with Gasteiger partial charge in [0, 0.05) is 16.9 Å². The number of carbonyl (C=O) groups excluding carboxylic acids is 1. The van der Waals surface area contributed by atoms with Gasteiger partial charge in [-0.05, 0) is 65.4 Å². The maximum Gasteiger partial charge on any atom is 0.255 e. The first kappa shape index (κ1) is 26.2. The van der Waals surface area contributed by atoms with E-state index in [0.717, 1.165) is 27.9 Å². The maximum atomic E-state index is 13.8. The summed E-state index contributed by atoms with van der Waals surface area (Å²) in [5.41, 5.74) is 7.29. The van der Waals surface area contributed by atoms with Gasteiger partial charge in [0.25, 0.3) is 5.91 Å². The van der Waals surface area contributed by atoms with Gasteiger partial charge < -0.3 is 15.4 Å². The summed E-state index contributed by atoms with van der Waals surface area (Å²) in [6.45, 7) is 12.9. The number of anilines is 2. The van der Waals surface area contributed by atoms with Crippen molar-refractivity contribution in [3.8, 4) is 5.75 Å². The zero-order valence-electron chi connectivity index (χ0n) is 23.2. The number of aryl methyl sites for hydroxylation is 2. The van der Waals surface area contributed by atoms with E-state index in [-0.39, 0.29) is 11.3 Å². The van der Waals surface area contributed by atoms with E-state index in [0.29, 0.717) is 29.6 Å². The minimum absolute atomic E-state index is 0.0861. The average molecular weight is 523 g/mol. The van der Waals surface area contributed by atoms with Gasteiger partial charge in [-0.1, -0.05) is 86.0 Å². The number of benzene rings is 3. The molecule has 8 heteroatoms. The van der Waals surface area contributed by atoms with Gasteiger partial charge >= 0.3 is 0 Å². The Morgan fingerprint density at radius 2 is 1.77 bits per heavy atom. The number of ether oxygens (including phenoxy) is 1. The van der Waals surface area contributed by atoms with Crippen LogP contribution in [0.4, 0.5) is 11.6 Å². The fourth-order valence-electron chi connectivity index (χ4n) is 4.84. The summed E-state index contributed by atoms with van der Waals surface area (Å²) in [6.07, 6.45) is 0. The molecule has 1 aliphatic heterocycles. The van der Waals surface area contributed by atoms with Crippen LogP contribution in [0, 0.1) is 13.8 Å². The highest BCUT2D eigenvalue weighted by atomic mass is 16.5. The van der Waals surface area contributed by atoms with Gasteiger partial charge in [0.05, 0.1) is 5.57 Å². The van der Waals surface area contributed by atoms with E-state index in [1.54, 1.807) is 4.68 Å². The second-order valence-electron chi connectivity index (χ2n) is 11.1. The molecule has 39 heavy (non-hydrogen) atoms. The number of carbonyl (C=O) groups is 1. The third kappa shape index (κ3) is 5.41. The molecule has 1 aromatic heterocycles. The summed E-state index contributed by atoms with van der Waals surface area (Å²) in [6, 6.07) is 21.6. The molecule has 1 amide bonds. The monoisotopic (exact) mass is 522 g/mol. The Bertz CT molecular complexity index is 1550. The average Bonchev–Trinajstić information content (AvgIpc) is 3.36. The Morgan fingerprint density at radius 3 is 2.49 bits per heavy atom. The fraction of sp³-hybridized carbons (Fsp3) is 0.290. The Balaban J connectivity index is 1.47. The highest BCUT2D eigenvalue weighted by Gasteiger charge is 2.35. The van der Waals surface area contributed by atoms with Crippen LogP contribution in [0.2, 0.25) is 0 Å².